The molecule has 2 rings (SSSR count). The van der Waals surface area contributed by atoms with Crippen LogP contribution in [0.2, 0.25) is 0 Å². The molecule has 1 N–H and O–H groups in total. The van der Waals surface area contributed by atoms with E-state index >= 15 is 0 Å². The molecule has 0 radical (unpaired) electrons. The van der Waals surface area contributed by atoms with Gasteiger partial charge in [0.25, 0.3) is 0 Å². The Kier molecular flexibility index (Phi) is 4.52. The van der Waals surface area contributed by atoms with Gasteiger partial charge in [-0.2, -0.15) is 18.3 Å². The maximum absolute atomic E-state index is 13.1. The largest absolute Gasteiger partial charge is 0.433 e. The first-order valence-corrected chi connectivity index (χ1v) is 6.42. The Morgan fingerprint density at radius 1 is 1.24 bits per heavy atom. The van der Waals surface area contributed by atoms with Gasteiger partial charge < -0.3 is 10.0 Å². The third kappa shape index (κ3) is 3.55. The predicted molar refractivity (Wildman–Crippen MR) is 72.8 cm³/mol. The van der Waals surface area contributed by atoms with E-state index in [1.807, 2.05) is 6.07 Å². The zero-order valence-corrected chi connectivity index (χ0v) is 11.5. The summed E-state index contributed by atoms with van der Waals surface area (Å²) in [7, 11) is 1.27. The van der Waals surface area contributed by atoms with Crippen molar-refractivity contribution in [1.29, 1.82) is 0 Å². The summed E-state index contributed by atoms with van der Waals surface area (Å²) in [5.41, 5.74) is 0.0761. The van der Waals surface area contributed by atoms with E-state index in [4.69, 9.17) is 5.11 Å². The molecule has 0 bridgehead atoms. The highest BCUT2D eigenvalue weighted by atomic mass is 19.4. The average Bonchev–Trinajstić information content (AvgIpc) is 2.80. The minimum absolute atomic E-state index is 0.0350. The summed E-state index contributed by atoms with van der Waals surface area (Å²) in [6.07, 6.45) is -3.24. The molecule has 0 saturated heterocycles. The lowest BCUT2D eigenvalue weighted by atomic mass is 10.2. The van der Waals surface area contributed by atoms with Crippen molar-refractivity contribution in [3.8, 4) is 0 Å². The van der Waals surface area contributed by atoms with Gasteiger partial charge in [-0.25, -0.2) is 0 Å². The summed E-state index contributed by atoms with van der Waals surface area (Å²) in [4.78, 5) is 1.69. The van der Waals surface area contributed by atoms with Crippen molar-refractivity contribution in [1.82, 2.24) is 9.78 Å². The molecule has 114 valence electrons. The zero-order valence-electron chi connectivity index (χ0n) is 11.5. The van der Waals surface area contributed by atoms with E-state index < -0.39 is 11.9 Å². The molecule has 2 aromatic rings. The molecule has 0 amide bonds. The summed E-state index contributed by atoms with van der Waals surface area (Å²) >= 11 is 0. The number of alkyl halides is 3. The molecule has 1 aromatic heterocycles. The van der Waals surface area contributed by atoms with Crippen LogP contribution >= 0.6 is 0 Å². The van der Waals surface area contributed by atoms with E-state index in [-0.39, 0.29) is 25.3 Å². The van der Waals surface area contributed by atoms with Crippen LogP contribution in [0, 0.1) is 0 Å². The van der Waals surface area contributed by atoms with Gasteiger partial charge >= 0.3 is 6.18 Å². The average molecular weight is 299 g/mol. The highest BCUT2D eigenvalue weighted by molar-refractivity contribution is 5.47. The maximum Gasteiger partial charge on any atom is 0.433 e. The topological polar surface area (TPSA) is 41.3 Å². The lowest BCUT2D eigenvalue weighted by Gasteiger charge is -2.24. The number of hydrogen-bond donors (Lipinski definition) is 1. The van der Waals surface area contributed by atoms with Crippen LogP contribution in [0.5, 0.6) is 0 Å². The van der Waals surface area contributed by atoms with Gasteiger partial charge in [-0.3, -0.25) is 4.68 Å². The first-order valence-electron chi connectivity index (χ1n) is 6.42. The second kappa shape index (κ2) is 6.17. The minimum Gasteiger partial charge on any atom is -0.395 e. The number of nitrogens with zero attached hydrogens (tertiary/aromatic N) is 3. The first-order chi connectivity index (χ1) is 9.93. The van der Waals surface area contributed by atoms with Crippen molar-refractivity contribution in [2.75, 3.05) is 18.1 Å². The monoisotopic (exact) mass is 299 g/mol. The van der Waals surface area contributed by atoms with Crippen molar-refractivity contribution in [2.24, 2.45) is 7.05 Å². The van der Waals surface area contributed by atoms with Crippen LogP contribution in [0.25, 0.3) is 0 Å². The molecule has 4 nitrogen and oxygen atoms in total. The van der Waals surface area contributed by atoms with Gasteiger partial charge in [0.15, 0.2) is 0 Å². The molecule has 7 heteroatoms. The Labute approximate surface area is 120 Å². The minimum atomic E-state index is -4.46. The molecule has 0 saturated carbocycles. The van der Waals surface area contributed by atoms with E-state index in [2.05, 4.69) is 5.10 Å². The van der Waals surface area contributed by atoms with Crippen LogP contribution in [0.15, 0.2) is 36.5 Å². The lowest BCUT2D eigenvalue weighted by Crippen LogP contribution is -2.27. The Bertz CT molecular complexity index is 581. The van der Waals surface area contributed by atoms with E-state index in [1.165, 1.54) is 13.2 Å². The SMILES string of the molecule is Cn1ncc(CN(CCO)c2ccccc2)c1C(F)(F)F. The summed E-state index contributed by atoms with van der Waals surface area (Å²) < 4.78 is 40.0. The third-order valence-corrected chi connectivity index (χ3v) is 3.14. The first kappa shape index (κ1) is 15.4. The molecular weight excluding hydrogens is 283 g/mol. The van der Waals surface area contributed by atoms with Gasteiger partial charge in [-0.15, -0.1) is 0 Å². The van der Waals surface area contributed by atoms with Gasteiger partial charge in [0, 0.05) is 31.4 Å². The summed E-state index contributed by atoms with van der Waals surface area (Å²) in [6.45, 7) is 0.139. The molecule has 0 aliphatic heterocycles. The molecule has 0 atom stereocenters. The number of aryl methyl sites for hydroxylation is 1. The van der Waals surface area contributed by atoms with E-state index in [1.54, 1.807) is 29.2 Å². The van der Waals surface area contributed by atoms with E-state index in [0.29, 0.717) is 0 Å². The Balaban J connectivity index is 2.30. The van der Waals surface area contributed by atoms with Crippen molar-refractivity contribution in [2.45, 2.75) is 12.7 Å². The number of benzene rings is 1. The number of rotatable bonds is 5. The number of aliphatic hydroxyl groups is 1. The fourth-order valence-electron chi connectivity index (χ4n) is 2.23. The van der Waals surface area contributed by atoms with Gasteiger partial charge in [-0.05, 0) is 12.1 Å². The van der Waals surface area contributed by atoms with Crippen LogP contribution in [0.3, 0.4) is 0 Å². The van der Waals surface area contributed by atoms with Crippen LogP contribution in [0.1, 0.15) is 11.3 Å². The molecule has 0 fully saturated rings. The number of aromatic nitrogens is 2. The van der Waals surface area contributed by atoms with Crippen molar-refractivity contribution >= 4 is 5.69 Å². The molecule has 1 aromatic carbocycles. The predicted octanol–water partition coefficient (Wildman–Crippen LogP) is 2.44. The standard InChI is InChI=1S/C14H16F3N3O/c1-19-13(14(15,16)17)11(9-18-19)10-20(7-8-21)12-5-3-2-4-6-12/h2-6,9,21H,7-8,10H2,1H3. The summed E-state index contributed by atoms with van der Waals surface area (Å²) in [5, 5.41) is 12.8. The quantitative estimate of drug-likeness (QED) is 0.922. The van der Waals surface area contributed by atoms with Crippen LogP contribution in [0.4, 0.5) is 18.9 Å². The fraction of sp³-hybridized carbons (Fsp3) is 0.357. The third-order valence-electron chi connectivity index (χ3n) is 3.14. The van der Waals surface area contributed by atoms with Crippen molar-refractivity contribution in [3.63, 3.8) is 0 Å². The van der Waals surface area contributed by atoms with Gasteiger partial charge in [0.2, 0.25) is 0 Å². The highest BCUT2D eigenvalue weighted by Crippen LogP contribution is 2.32. The number of halogens is 3. The maximum atomic E-state index is 13.1. The van der Waals surface area contributed by atoms with Crippen LogP contribution in [-0.2, 0) is 19.8 Å². The van der Waals surface area contributed by atoms with Gasteiger partial charge in [0.05, 0.1) is 12.8 Å². The van der Waals surface area contributed by atoms with Crippen LogP contribution in [-0.4, -0.2) is 28.0 Å². The summed E-state index contributed by atoms with van der Waals surface area (Å²) in [6, 6.07) is 9.01. The Morgan fingerprint density at radius 3 is 2.48 bits per heavy atom. The number of para-hydroxylation sites is 1. The smallest absolute Gasteiger partial charge is 0.395 e. The van der Waals surface area contributed by atoms with E-state index in [0.717, 1.165) is 10.4 Å². The molecule has 21 heavy (non-hydrogen) atoms. The number of anilines is 1. The summed E-state index contributed by atoms with van der Waals surface area (Å²) in [5.74, 6) is 0. The molecule has 0 unspecified atom stereocenters. The van der Waals surface area contributed by atoms with Gasteiger partial charge in [0.1, 0.15) is 5.69 Å². The lowest BCUT2D eigenvalue weighted by molar-refractivity contribution is -0.144. The van der Waals surface area contributed by atoms with Gasteiger partial charge in [-0.1, -0.05) is 18.2 Å². The molecule has 0 spiro atoms. The number of aliphatic hydroxyl groups excluding tert-OH is 1. The molecular formula is C14H16F3N3O. The highest BCUT2D eigenvalue weighted by Gasteiger charge is 2.37. The van der Waals surface area contributed by atoms with Crippen LogP contribution < -0.4 is 4.90 Å². The second-order valence-electron chi connectivity index (χ2n) is 4.62. The Morgan fingerprint density at radius 2 is 1.90 bits per heavy atom. The van der Waals surface area contributed by atoms with E-state index in [9.17, 15) is 13.2 Å². The fourth-order valence-corrected chi connectivity index (χ4v) is 2.23. The second-order valence-corrected chi connectivity index (χ2v) is 4.62. The van der Waals surface area contributed by atoms with Crippen molar-refractivity contribution < 1.29 is 18.3 Å². The Hall–Kier alpha value is -2.02. The molecule has 0 aliphatic rings. The zero-order chi connectivity index (χ0) is 15.5. The molecule has 1 heterocycles. The number of hydrogen-bond acceptors (Lipinski definition) is 3. The molecule has 0 aliphatic carbocycles. The van der Waals surface area contributed by atoms with Crippen molar-refractivity contribution in [3.05, 3.63) is 47.8 Å². The normalized spacial score (nSPS) is 11.7.